The number of methoxy groups -OCH3 is 3. The number of imidazole rings is 1. The van der Waals surface area contributed by atoms with E-state index in [2.05, 4.69) is 15.6 Å². The van der Waals surface area contributed by atoms with Gasteiger partial charge in [0.25, 0.3) is 0 Å². The fourth-order valence-corrected chi connectivity index (χ4v) is 7.38. The van der Waals surface area contributed by atoms with Crippen LogP contribution in [-0.2, 0) is 16.0 Å². The first kappa shape index (κ1) is 34.8. The second kappa shape index (κ2) is 15.7. The van der Waals surface area contributed by atoms with Gasteiger partial charge in [-0.1, -0.05) is 24.6 Å². The van der Waals surface area contributed by atoms with Crippen LogP contribution in [0, 0.1) is 0 Å². The van der Waals surface area contributed by atoms with Crippen molar-refractivity contribution in [3.05, 3.63) is 75.7 Å². The Morgan fingerprint density at radius 2 is 1.72 bits per heavy atom. The van der Waals surface area contributed by atoms with Gasteiger partial charge < -0.3 is 34.7 Å². The van der Waals surface area contributed by atoms with Crippen molar-refractivity contribution in [3.8, 4) is 28.4 Å². The van der Waals surface area contributed by atoms with Crippen LogP contribution in [0.5, 0.6) is 17.2 Å². The molecule has 1 aromatic heterocycles. The Morgan fingerprint density at radius 1 is 0.940 bits per heavy atom. The Morgan fingerprint density at radius 3 is 2.44 bits per heavy atom. The van der Waals surface area contributed by atoms with E-state index in [1.54, 1.807) is 33.5 Å². The van der Waals surface area contributed by atoms with Crippen LogP contribution in [0.15, 0.2) is 53.3 Å². The Kier molecular flexibility index (Phi) is 10.9. The van der Waals surface area contributed by atoms with E-state index in [-0.39, 0.29) is 23.3 Å². The molecule has 1 aliphatic carbocycles. The van der Waals surface area contributed by atoms with Gasteiger partial charge in [-0.25, -0.2) is 4.98 Å². The summed E-state index contributed by atoms with van der Waals surface area (Å²) < 4.78 is 17.2. The summed E-state index contributed by atoms with van der Waals surface area (Å²) in [7, 11) is 4.74. The molecule has 4 aromatic rings. The molecule has 1 aliphatic heterocycles. The number of para-hydroxylation sites is 2. The van der Waals surface area contributed by atoms with E-state index in [1.165, 1.54) is 6.92 Å². The number of aromatic amines is 1. The standard InChI is InChI=1S/C39H47N5O6/c1-24(45)41-29-15-13-26-22-34(48-2)37(49-3)38(50-4)36(26)27-14-16-32(33(46)23-28(27)29)40-19-9-5-6-12-35(47)44-20-17-25(18-21-44)39-42-30-10-7-8-11-31(30)43-39/h7-8,10-11,14,16,22-23,25,29H,5-6,9,12-13,15,17-21H2,1-4H3,(H,40,46)(H,41,45)(H,42,43)/t29-/m1/s1. The maximum Gasteiger partial charge on any atom is 0.222 e. The normalized spacial score (nSPS) is 15.8. The van der Waals surface area contributed by atoms with Crippen molar-refractivity contribution in [2.45, 2.75) is 70.3 Å². The fraction of sp³-hybridized carbons (Fsp3) is 0.436. The Labute approximate surface area is 292 Å². The number of rotatable bonds is 12. The highest BCUT2D eigenvalue weighted by Gasteiger charge is 2.30. The maximum atomic E-state index is 13.6. The smallest absolute Gasteiger partial charge is 0.222 e. The van der Waals surface area contributed by atoms with E-state index in [4.69, 9.17) is 19.2 Å². The number of fused-ring (bicyclic) bond motifs is 4. The average Bonchev–Trinajstić information content (AvgIpc) is 3.43. The van der Waals surface area contributed by atoms with Crippen LogP contribution in [0.1, 0.15) is 80.8 Å². The van der Waals surface area contributed by atoms with E-state index in [1.807, 2.05) is 41.3 Å². The summed E-state index contributed by atoms with van der Waals surface area (Å²) in [6, 6.07) is 15.0. The van der Waals surface area contributed by atoms with Crippen LogP contribution in [0.2, 0.25) is 0 Å². The zero-order chi connectivity index (χ0) is 35.2. The fourth-order valence-electron chi connectivity index (χ4n) is 7.38. The van der Waals surface area contributed by atoms with Crippen LogP contribution < -0.4 is 30.3 Å². The number of carbonyl (C=O) groups excluding carboxylic acids is 2. The first-order valence-electron chi connectivity index (χ1n) is 17.5. The zero-order valence-electron chi connectivity index (χ0n) is 29.4. The molecule has 2 aliphatic rings. The van der Waals surface area contributed by atoms with Gasteiger partial charge in [0, 0.05) is 44.5 Å². The molecule has 2 amide bonds. The van der Waals surface area contributed by atoms with Gasteiger partial charge in [0.1, 0.15) is 5.82 Å². The Balaban J connectivity index is 1.06. The molecular formula is C39H47N5O6. The van der Waals surface area contributed by atoms with Crippen molar-refractivity contribution in [2.75, 3.05) is 46.3 Å². The van der Waals surface area contributed by atoms with Gasteiger partial charge in [-0.05, 0) is 85.5 Å². The summed E-state index contributed by atoms with van der Waals surface area (Å²) in [5, 5.41) is 6.37. The molecule has 50 heavy (non-hydrogen) atoms. The van der Waals surface area contributed by atoms with E-state index in [0.717, 1.165) is 84.3 Å². The molecule has 3 aromatic carbocycles. The highest BCUT2D eigenvalue weighted by Crippen LogP contribution is 2.50. The maximum absolute atomic E-state index is 13.6. The third-order valence-electron chi connectivity index (χ3n) is 9.94. The highest BCUT2D eigenvalue weighted by molar-refractivity contribution is 5.84. The predicted molar refractivity (Wildman–Crippen MR) is 194 cm³/mol. The average molecular weight is 682 g/mol. The second-order valence-electron chi connectivity index (χ2n) is 13.1. The second-order valence-corrected chi connectivity index (χ2v) is 13.1. The van der Waals surface area contributed by atoms with Gasteiger partial charge >= 0.3 is 0 Å². The van der Waals surface area contributed by atoms with Crippen LogP contribution >= 0.6 is 0 Å². The molecule has 11 heteroatoms. The number of H-pyrrole nitrogens is 1. The summed E-state index contributed by atoms with van der Waals surface area (Å²) >= 11 is 0. The van der Waals surface area contributed by atoms with Gasteiger partial charge in [-0.3, -0.25) is 14.4 Å². The van der Waals surface area contributed by atoms with Crippen LogP contribution in [0.25, 0.3) is 22.2 Å². The zero-order valence-corrected chi connectivity index (χ0v) is 29.4. The minimum atomic E-state index is -0.363. The van der Waals surface area contributed by atoms with Gasteiger partial charge in [0.15, 0.2) is 11.5 Å². The number of likely N-dealkylation sites (tertiary alicyclic amines) is 1. The van der Waals surface area contributed by atoms with E-state index in [0.29, 0.717) is 54.7 Å². The van der Waals surface area contributed by atoms with Gasteiger partial charge in [0.05, 0.1) is 44.1 Å². The van der Waals surface area contributed by atoms with Crippen molar-refractivity contribution in [3.63, 3.8) is 0 Å². The predicted octanol–water partition coefficient (Wildman–Crippen LogP) is 6.12. The molecule has 1 fully saturated rings. The summed E-state index contributed by atoms with van der Waals surface area (Å²) in [6.45, 7) is 3.59. The molecule has 264 valence electrons. The molecule has 2 heterocycles. The van der Waals surface area contributed by atoms with Gasteiger partial charge in [-0.2, -0.15) is 0 Å². The summed E-state index contributed by atoms with van der Waals surface area (Å²) in [5.74, 6) is 2.95. The van der Waals surface area contributed by atoms with Crippen molar-refractivity contribution < 1.29 is 23.8 Å². The molecule has 0 bridgehead atoms. The van der Waals surface area contributed by atoms with E-state index in [9.17, 15) is 14.4 Å². The first-order chi connectivity index (χ1) is 24.3. The Bertz CT molecular complexity index is 1880. The number of anilines is 1. The lowest BCUT2D eigenvalue weighted by molar-refractivity contribution is -0.132. The number of ether oxygens (including phenoxy) is 3. The van der Waals surface area contributed by atoms with Crippen molar-refractivity contribution in [1.82, 2.24) is 20.2 Å². The molecule has 1 saturated heterocycles. The molecule has 6 rings (SSSR count). The molecule has 0 unspecified atom stereocenters. The molecule has 1 atom stereocenters. The number of aromatic nitrogens is 2. The number of hydrogen-bond acceptors (Lipinski definition) is 8. The number of carbonyl (C=O) groups is 2. The minimum absolute atomic E-state index is 0.161. The summed E-state index contributed by atoms with van der Waals surface area (Å²) in [5.41, 5.74) is 5.67. The quantitative estimate of drug-likeness (QED) is 0.152. The minimum Gasteiger partial charge on any atom is -0.493 e. The Hall–Kier alpha value is -5.06. The number of unbranched alkanes of at least 4 members (excludes halogenated alkanes) is 2. The molecule has 3 N–H and O–H groups in total. The molecular weight excluding hydrogens is 634 g/mol. The number of nitrogens with one attached hydrogen (secondary N) is 3. The summed E-state index contributed by atoms with van der Waals surface area (Å²) in [4.78, 5) is 49.0. The highest BCUT2D eigenvalue weighted by atomic mass is 16.5. The monoisotopic (exact) mass is 681 g/mol. The lowest BCUT2D eigenvalue weighted by Gasteiger charge is -2.31. The lowest BCUT2D eigenvalue weighted by atomic mass is 9.95. The summed E-state index contributed by atoms with van der Waals surface area (Å²) in [6.07, 6.45) is 6.07. The topological polar surface area (TPSA) is 135 Å². The van der Waals surface area contributed by atoms with Crippen molar-refractivity contribution in [2.24, 2.45) is 0 Å². The SMILES string of the molecule is COc1cc2c(c(OC)c1OC)-c1ccc(NCCCCCC(=O)N3CCC(c4nc5ccccc5[nH]4)CC3)c(=O)cc1[C@H](NC(C)=O)CC2. The van der Waals surface area contributed by atoms with Crippen molar-refractivity contribution >= 4 is 28.5 Å². The molecule has 0 saturated carbocycles. The van der Waals surface area contributed by atoms with Gasteiger partial charge in [0.2, 0.25) is 23.0 Å². The van der Waals surface area contributed by atoms with Crippen LogP contribution in [0.4, 0.5) is 5.69 Å². The van der Waals surface area contributed by atoms with Crippen molar-refractivity contribution in [1.29, 1.82) is 0 Å². The third kappa shape index (κ3) is 7.41. The number of piperidine rings is 1. The van der Waals surface area contributed by atoms with Crippen LogP contribution in [-0.4, -0.2) is 67.6 Å². The largest absolute Gasteiger partial charge is 0.493 e. The molecule has 0 spiro atoms. The van der Waals surface area contributed by atoms with E-state index < -0.39 is 0 Å². The van der Waals surface area contributed by atoms with E-state index >= 15 is 0 Å². The molecule has 11 nitrogen and oxygen atoms in total. The number of benzene rings is 2. The van der Waals surface area contributed by atoms with Crippen LogP contribution in [0.3, 0.4) is 0 Å². The molecule has 0 radical (unpaired) electrons. The first-order valence-corrected chi connectivity index (χ1v) is 17.5. The number of nitrogens with zero attached hydrogens (tertiary/aromatic N) is 2. The van der Waals surface area contributed by atoms with Gasteiger partial charge in [-0.15, -0.1) is 0 Å². The number of hydrogen-bond donors (Lipinski definition) is 3. The lowest BCUT2D eigenvalue weighted by Crippen LogP contribution is -2.38. The number of amides is 2. The third-order valence-corrected chi connectivity index (χ3v) is 9.94. The number of aryl methyl sites for hydroxylation is 1.